The van der Waals surface area contributed by atoms with Crippen LogP contribution in [0, 0.1) is 6.92 Å². The molecule has 0 radical (unpaired) electrons. The summed E-state index contributed by atoms with van der Waals surface area (Å²) in [6, 6.07) is -0.264. The van der Waals surface area contributed by atoms with Crippen LogP contribution in [0.15, 0.2) is 4.52 Å². The average Bonchev–Trinajstić information content (AvgIpc) is 2.90. The number of nitrogens with zero attached hydrogens (tertiary/aromatic N) is 4. The fraction of sp³-hybridized carbons (Fsp3) is 0.727. The summed E-state index contributed by atoms with van der Waals surface area (Å²) in [4.78, 5) is 17.5. The molecule has 1 N–H and O–H groups in total. The molecule has 0 unspecified atom stereocenters. The van der Waals surface area contributed by atoms with Crippen LogP contribution >= 0.6 is 0 Å². The van der Waals surface area contributed by atoms with E-state index in [1.165, 1.54) is 4.31 Å². The molecule has 10 heteroatoms. The summed E-state index contributed by atoms with van der Waals surface area (Å²) in [5.74, 6) is 0.932. The summed E-state index contributed by atoms with van der Waals surface area (Å²) >= 11 is 0. The predicted molar refractivity (Wildman–Crippen MR) is 73.9 cm³/mol. The van der Waals surface area contributed by atoms with Crippen molar-refractivity contribution < 1.29 is 17.7 Å². The predicted octanol–water partition coefficient (Wildman–Crippen LogP) is -0.445. The maximum atomic E-state index is 12.0. The van der Waals surface area contributed by atoms with Crippen molar-refractivity contribution in [1.82, 2.24) is 24.7 Å². The van der Waals surface area contributed by atoms with Crippen molar-refractivity contribution in [2.75, 3.05) is 31.9 Å². The highest BCUT2D eigenvalue weighted by atomic mass is 32.2. The zero-order chi connectivity index (χ0) is 15.5. The molecule has 0 spiro atoms. The molecule has 2 rings (SSSR count). The van der Waals surface area contributed by atoms with E-state index < -0.39 is 10.0 Å². The standard InChI is InChI=1S/C11H19N5O4S/c1-3-21(18,19)16-6-4-15(5-7-16)11(17)12-8-10-13-9(2)14-20-10/h3-8H2,1-2H3,(H,12,17). The van der Waals surface area contributed by atoms with Crippen molar-refractivity contribution in [3.63, 3.8) is 0 Å². The summed E-state index contributed by atoms with van der Waals surface area (Å²) in [7, 11) is -3.18. The molecule has 1 aliphatic rings. The summed E-state index contributed by atoms with van der Waals surface area (Å²) < 4.78 is 29.8. The lowest BCUT2D eigenvalue weighted by atomic mass is 10.4. The van der Waals surface area contributed by atoms with Gasteiger partial charge in [0.15, 0.2) is 5.82 Å². The van der Waals surface area contributed by atoms with Gasteiger partial charge in [0, 0.05) is 26.2 Å². The van der Waals surface area contributed by atoms with Crippen LogP contribution in [0.4, 0.5) is 4.79 Å². The number of hydrogen-bond donors (Lipinski definition) is 1. The second-order valence-electron chi connectivity index (χ2n) is 4.68. The van der Waals surface area contributed by atoms with Gasteiger partial charge in [0.1, 0.15) is 0 Å². The summed E-state index contributed by atoms with van der Waals surface area (Å²) in [6.45, 7) is 4.85. The maximum Gasteiger partial charge on any atom is 0.317 e. The van der Waals surface area contributed by atoms with Crippen molar-refractivity contribution in [2.24, 2.45) is 0 Å². The smallest absolute Gasteiger partial charge is 0.317 e. The highest BCUT2D eigenvalue weighted by Crippen LogP contribution is 2.08. The zero-order valence-electron chi connectivity index (χ0n) is 12.1. The topological polar surface area (TPSA) is 109 Å². The van der Waals surface area contributed by atoms with Crippen LogP contribution in [0.25, 0.3) is 0 Å². The first-order valence-electron chi connectivity index (χ1n) is 6.72. The molecular formula is C11H19N5O4S. The van der Waals surface area contributed by atoms with Gasteiger partial charge in [-0.25, -0.2) is 13.2 Å². The minimum absolute atomic E-state index is 0.0791. The number of aromatic nitrogens is 2. The number of sulfonamides is 1. The van der Waals surface area contributed by atoms with Gasteiger partial charge < -0.3 is 14.7 Å². The van der Waals surface area contributed by atoms with Crippen molar-refractivity contribution in [3.05, 3.63) is 11.7 Å². The lowest BCUT2D eigenvalue weighted by molar-refractivity contribution is 0.171. The van der Waals surface area contributed by atoms with Gasteiger partial charge in [-0.2, -0.15) is 9.29 Å². The van der Waals surface area contributed by atoms with E-state index in [9.17, 15) is 13.2 Å². The Morgan fingerprint density at radius 3 is 2.52 bits per heavy atom. The molecule has 1 fully saturated rings. The van der Waals surface area contributed by atoms with Crippen LogP contribution in [0.5, 0.6) is 0 Å². The Morgan fingerprint density at radius 2 is 2.00 bits per heavy atom. The van der Waals surface area contributed by atoms with E-state index in [4.69, 9.17) is 4.52 Å². The Hall–Kier alpha value is -1.68. The fourth-order valence-corrected chi connectivity index (χ4v) is 3.11. The number of urea groups is 1. The highest BCUT2D eigenvalue weighted by Gasteiger charge is 2.27. The Balaban J connectivity index is 1.80. The number of carbonyl (C=O) groups is 1. The summed E-state index contributed by atoms with van der Waals surface area (Å²) in [5.41, 5.74) is 0. The first-order valence-corrected chi connectivity index (χ1v) is 8.33. The molecule has 0 saturated carbocycles. The average molecular weight is 317 g/mol. The molecule has 1 aromatic rings. The highest BCUT2D eigenvalue weighted by molar-refractivity contribution is 7.89. The third-order valence-electron chi connectivity index (χ3n) is 3.24. The van der Waals surface area contributed by atoms with E-state index in [1.807, 2.05) is 0 Å². The molecule has 0 atom stereocenters. The number of piperazine rings is 1. The van der Waals surface area contributed by atoms with Gasteiger partial charge in [-0.3, -0.25) is 0 Å². The van der Waals surface area contributed by atoms with Crippen LogP contribution in [-0.4, -0.2) is 65.7 Å². The molecule has 2 amide bonds. The molecule has 2 heterocycles. The van der Waals surface area contributed by atoms with Gasteiger partial charge in [0.2, 0.25) is 15.9 Å². The SMILES string of the molecule is CCS(=O)(=O)N1CCN(C(=O)NCc2nc(C)no2)CC1. The summed E-state index contributed by atoms with van der Waals surface area (Å²) in [5, 5.41) is 6.30. The summed E-state index contributed by atoms with van der Waals surface area (Å²) in [6.07, 6.45) is 0. The van der Waals surface area contributed by atoms with E-state index in [0.717, 1.165) is 0 Å². The molecule has 21 heavy (non-hydrogen) atoms. The van der Waals surface area contributed by atoms with Crippen molar-refractivity contribution >= 4 is 16.1 Å². The van der Waals surface area contributed by atoms with Crippen LogP contribution in [0.1, 0.15) is 18.6 Å². The van der Waals surface area contributed by atoms with Crippen LogP contribution in [0.3, 0.4) is 0 Å². The van der Waals surface area contributed by atoms with Crippen molar-refractivity contribution in [2.45, 2.75) is 20.4 Å². The van der Waals surface area contributed by atoms with Crippen molar-refractivity contribution in [1.29, 1.82) is 0 Å². The molecule has 1 aromatic heterocycles. The minimum atomic E-state index is -3.18. The van der Waals surface area contributed by atoms with E-state index in [-0.39, 0.29) is 18.3 Å². The number of carbonyl (C=O) groups excluding carboxylic acids is 1. The van der Waals surface area contributed by atoms with E-state index in [2.05, 4.69) is 15.5 Å². The maximum absolute atomic E-state index is 12.0. The molecule has 0 aliphatic carbocycles. The fourth-order valence-electron chi connectivity index (χ4n) is 2.03. The molecule has 1 saturated heterocycles. The van der Waals surface area contributed by atoms with Crippen molar-refractivity contribution in [3.8, 4) is 0 Å². The Labute approximate surface area is 123 Å². The van der Waals surface area contributed by atoms with Gasteiger partial charge in [0.25, 0.3) is 0 Å². The largest absolute Gasteiger partial charge is 0.337 e. The Bertz CT molecular complexity index is 592. The number of amides is 2. The monoisotopic (exact) mass is 317 g/mol. The van der Waals surface area contributed by atoms with Gasteiger partial charge in [0.05, 0.1) is 12.3 Å². The molecule has 0 aromatic carbocycles. The molecule has 9 nitrogen and oxygen atoms in total. The number of rotatable bonds is 4. The van der Waals surface area contributed by atoms with Crippen LogP contribution in [0.2, 0.25) is 0 Å². The zero-order valence-corrected chi connectivity index (χ0v) is 12.9. The van der Waals surface area contributed by atoms with E-state index in [1.54, 1.807) is 18.7 Å². The third kappa shape index (κ3) is 3.91. The molecular weight excluding hydrogens is 298 g/mol. The lowest BCUT2D eigenvalue weighted by Gasteiger charge is -2.33. The second-order valence-corrected chi connectivity index (χ2v) is 6.94. The number of nitrogens with one attached hydrogen (secondary N) is 1. The first-order chi connectivity index (χ1) is 9.92. The Kier molecular flexibility index (Phi) is 4.78. The number of hydrogen-bond acceptors (Lipinski definition) is 6. The van der Waals surface area contributed by atoms with Gasteiger partial charge in [-0.15, -0.1) is 0 Å². The van der Waals surface area contributed by atoms with Gasteiger partial charge in [-0.1, -0.05) is 5.16 Å². The second kappa shape index (κ2) is 6.39. The third-order valence-corrected chi connectivity index (χ3v) is 5.13. The van der Waals surface area contributed by atoms with Crippen LogP contribution in [-0.2, 0) is 16.6 Å². The number of aryl methyl sites for hydroxylation is 1. The minimum Gasteiger partial charge on any atom is -0.337 e. The van der Waals surface area contributed by atoms with Crippen LogP contribution < -0.4 is 5.32 Å². The van der Waals surface area contributed by atoms with Gasteiger partial charge in [-0.05, 0) is 13.8 Å². The van der Waals surface area contributed by atoms with E-state index >= 15 is 0 Å². The molecule has 118 valence electrons. The first kappa shape index (κ1) is 15.7. The van der Waals surface area contributed by atoms with E-state index in [0.29, 0.717) is 37.9 Å². The molecule has 1 aliphatic heterocycles. The lowest BCUT2D eigenvalue weighted by Crippen LogP contribution is -2.53. The Morgan fingerprint density at radius 1 is 1.33 bits per heavy atom. The quantitative estimate of drug-likeness (QED) is 0.806. The normalized spacial score (nSPS) is 17.0. The molecule has 0 bridgehead atoms. The van der Waals surface area contributed by atoms with Gasteiger partial charge >= 0.3 is 6.03 Å².